The van der Waals surface area contributed by atoms with Gasteiger partial charge in [-0.2, -0.15) is 5.10 Å². The smallest absolute Gasteiger partial charge is 0.255 e. The topological polar surface area (TPSA) is 93.1 Å². The van der Waals surface area contributed by atoms with Gasteiger partial charge in [-0.1, -0.05) is 55.5 Å². The molecule has 0 saturated heterocycles. The third kappa shape index (κ3) is 5.45. The van der Waals surface area contributed by atoms with Crippen LogP contribution < -0.4 is 10.0 Å². The Morgan fingerprint density at radius 3 is 2.45 bits per heavy atom. The Bertz CT molecular complexity index is 1090. The van der Waals surface area contributed by atoms with Crippen LogP contribution in [0.25, 0.3) is 0 Å². The van der Waals surface area contributed by atoms with Gasteiger partial charge in [0.05, 0.1) is 35.9 Å². The molecule has 0 spiro atoms. The summed E-state index contributed by atoms with van der Waals surface area (Å²) in [5, 5.41) is 7.25. The van der Waals surface area contributed by atoms with E-state index in [2.05, 4.69) is 15.1 Å². The number of sulfonamides is 1. The number of hydrogen-bond donors (Lipinski definition) is 2. The molecule has 7 nitrogen and oxygen atoms in total. The van der Waals surface area contributed by atoms with Gasteiger partial charge in [0, 0.05) is 6.54 Å². The summed E-state index contributed by atoms with van der Waals surface area (Å²) >= 11 is 0. The first-order valence-electron chi connectivity index (χ1n) is 9.30. The minimum Gasteiger partial charge on any atom is -0.348 e. The van der Waals surface area contributed by atoms with Crippen molar-refractivity contribution >= 4 is 21.6 Å². The van der Waals surface area contributed by atoms with Gasteiger partial charge in [-0.15, -0.1) is 0 Å². The van der Waals surface area contributed by atoms with Gasteiger partial charge in [-0.25, -0.2) is 8.42 Å². The van der Waals surface area contributed by atoms with Gasteiger partial charge in [0.2, 0.25) is 10.0 Å². The van der Waals surface area contributed by atoms with Crippen LogP contribution in [0.15, 0.2) is 60.8 Å². The molecule has 0 aliphatic rings. The first-order chi connectivity index (χ1) is 13.9. The number of rotatable bonds is 8. The zero-order valence-electron chi connectivity index (χ0n) is 16.4. The van der Waals surface area contributed by atoms with Crippen LogP contribution in [0.4, 0.5) is 5.69 Å². The van der Waals surface area contributed by atoms with Crippen molar-refractivity contribution in [3.63, 3.8) is 0 Å². The molecule has 1 amide bonds. The van der Waals surface area contributed by atoms with E-state index >= 15 is 0 Å². The number of carbonyl (C=O) groups is 1. The van der Waals surface area contributed by atoms with Crippen LogP contribution in [0.5, 0.6) is 0 Å². The summed E-state index contributed by atoms with van der Waals surface area (Å²) in [5.74, 6) is -0.240. The highest BCUT2D eigenvalue weighted by Crippen LogP contribution is 2.17. The number of carbonyl (C=O) groups excluding carboxylic acids is 1. The Hall–Kier alpha value is -3.13. The first-order valence-corrected chi connectivity index (χ1v) is 11.2. The molecule has 8 heteroatoms. The normalized spacial score (nSPS) is 11.2. The molecule has 0 bridgehead atoms. The number of nitrogens with zero attached hydrogens (tertiary/aromatic N) is 2. The molecule has 2 aromatic carbocycles. The first kappa shape index (κ1) is 20.6. The van der Waals surface area contributed by atoms with Gasteiger partial charge in [0.15, 0.2) is 0 Å². The predicted molar refractivity (Wildman–Crippen MR) is 113 cm³/mol. The zero-order valence-corrected chi connectivity index (χ0v) is 17.2. The number of aromatic nitrogens is 2. The minimum absolute atomic E-state index is 0.199. The van der Waals surface area contributed by atoms with E-state index in [1.54, 1.807) is 30.5 Å². The van der Waals surface area contributed by atoms with E-state index in [0.29, 0.717) is 29.8 Å². The summed E-state index contributed by atoms with van der Waals surface area (Å²) in [5.41, 5.74) is 3.62. The molecule has 0 fully saturated rings. The maximum Gasteiger partial charge on any atom is 0.255 e. The van der Waals surface area contributed by atoms with E-state index in [4.69, 9.17) is 0 Å². The fourth-order valence-electron chi connectivity index (χ4n) is 3.11. The molecule has 0 aliphatic heterocycles. The minimum atomic E-state index is -3.40. The van der Waals surface area contributed by atoms with E-state index < -0.39 is 10.0 Å². The lowest BCUT2D eigenvalue weighted by atomic mass is 10.1. The van der Waals surface area contributed by atoms with Crippen LogP contribution in [-0.4, -0.2) is 30.4 Å². The predicted octanol–water partition coefficient (Wildman–Crippen LogP) is 2.80. The van der Waals surface area contributed by atoms with Crippen molar-refractivity contribution < 1.29 is 13.2 Å². The average Bonchev–Trinajstić information content (AvgIpc) is 3.09. The van der Waals surface area contributed by atoms with Crippen LogP contribution in [0.2, 0.25) is 0 Å². The molecule has 29 heavy (non-hydrogen) atoms. The average molecular weight is 413 g/mol. The van der Waals surface area contributed by atoms with Crippen LogP contribution in [0.1, 0.15) is 34.1 Å². The van der Waals surface area contributed by atoms with E-state index in [9.17, 15) is 13.2 Å². The Labute approximate surface area is 170 Å². The lowest BCUT2D eigenvalue weighted by Gasteiger charge is -2.12. The molecule has 0 atom stereocenters. The number of amides is 1. The summed E-state index contributed by atoms with van der Waals surface area (Å²) in [7, 11) is -3.40. The van der Waals surface area contributed by atoms with Crippen molar-refractivity contribution in [2.45, 2.75) is 26.4 Å². The van der Waals surface area contributed by atoms with Crippen LogP contribution >= 0.6 is 0 Å². The maximum atomic E-state index is 12.8. The van der Waals surface area contributed by atoms with Gasteiger partial charge >= 0.3 is 0 Å². The van der Waals surface area contributed by atoms with Crippen molar-refractivity contribution in [2.24, 2.45) is 0 Å². The molecule has 1 heterocycles. The number of nitrogens with one attached hydrogen (secondary N) is 2. The number of para-hydroxylation sites is 1. The number of hydrogen-bond acceptors (Lipinski definition) is 4. The lowest BCUT2D eigenvalue weighted by molar-refractivity contribution is 0.0950. The van der Waals surface area contributed by atoms with Crippen molar-refractivity contribution in [1.82, 2.24) is 15.1 Å². The standard InChI is InChI=1S/C21H24N4O3S/c1-3-20-18(14-23-25(20)15-16-9-5-4-6-10-16)21(26)22-13-17-11-7-8-12-19(17)24-29(2,27)28/h4-12,14,24H,3,13,15H2,1-2H3,(H,22,26). The van der Waals surface area contributed by atoms with Crippen molar-refractivity contribution in [3.05, 3.63) is 83.2 Å². The Kier molecular flexibility index (Phi) is 6.33. The molecule has 0 saturated carbocycles. The van der Waals surface area contributed by atoms with Gasteiger partial charge in [0.1, 0.15) is 0 Å². The van der Waals surface area contributed by atoms with Gasteiger partial charge in [-0.05, 0) is 23.6 Å². The van der Waals surface area contributed by atoms with Crippen LogP contribution in [0.3, 0.4) is 0 Å². The van der Waals surface area contributed by atoms with Crippen LogP contribution in [0, 0.1) is 0 Å². The highest BCUT2D eigenvalue weighted by molar-refractivity contribution is 7.92. The third-order valence-corrected chi connectivity index (χ3v) is 5.05. The molecule has 0 unspecified atom stereocenters. The summed E-state index contributed by atoms with van der Waals surface area (Å²) < 4.78 is 27.4. The summed E-state index contributed by atoms with van der Waals surface area (Å²) in [6.07, 6.45) is 3.34. The quantitative estimate of drug-likeness (QED) is 0.595. The lowest BCUT2D eigenvalue weighted by Crippen LogP contribution is -2.24. The largest absolute Gasteiger partial charge is 0.348 e. The molecule has 3 aromatic rings. The molecule has 2 N–H and O–H groups in total. The molecular formula is C21H24N4O3S. The van der Waals surface area contributed by atoms with Crippen molar-refractivity contribution in [3.8, 4) is 0 Å². The van der Waals surface area contributed by atoms with Gasteiger partial charge in [0.25, 0.3) is 5.91 Å². The SMILES string of the molecule is CCc1c(C(=O)NCc2ccccc2NS(C)(=O)=O)cnn1Cc1ccccc1. The molecule has 1 aromatic heterocycles. The third-order valence-electron chi connectivity index (χ3n) is 4.46. The van der Waals surface area contributed by atoms with E-state index in [-0.39, 0.29) is 12.5 Å². The Balaban J connectivity index is 1.74. The second-order valence-electron chi connectivity index (χ2n) is 6.72. The monoisotopic (exact) mass is 412 g/mol. The summed E-state index contributed by atoms with van der Waals surface area (Å²) in [6.45, 7) is 2.78. The Morgan fingerprint density at radius 2 is 1.76 bits per heavy atom. The van der Waals surface area contributed by atoms with E-state index in [0.717, 1.165) is 17.5 Å². The van der Waals surface area contributed by atoms with Crippen LogP contribution in [-0.2, 0) is 29.5 Å². The zero-order chi connectivity index (χ0) is 20.9. The molecule has 3 rings (SSSR count). The molecular weight excluding hydrogens is 388 g/mol. The highest BCUT2D eigenvalue weighted by atomic mass is 32.2. The van der Waals surface area contributed by atoms with Gasteiger partial charge in [-0.3, -0.25) is 14.2 Å². The van der Waals surface area contributed by atoms with Crippen molar-refractivity contribution in [2.75, 3.05) is 11.0 Å². The van der Waals surface area contributed by atoms with Gasteiger partial charge < -0.3 is 5.32 Å². The Morgan fingerprint density at radius 1 is 1.07 bits per heavy atom. The maximum absolute atomic E-state index is 12.8. The van der Waals surface area contributed by atoms with E-state index in [1.807, 2.05) is 41.9 Å². The number of anilines is 1. The molecule has 0 aliphatic carbocycles. The summed E-state index contributed by atoms with van der Waals surface area (Å²) in [6, 6.07) is 16.9. The molecule has 0 radical (unpaired) electrons. The second kappa shape index (κ2) is 8.91. The fourth-order valence-corrected chi connectivity index (χ4v) is 3.71. The van der Waals surface area contributed by atoms with Crippen molar-refractivity contribution in [1.29, 1.82) is 0 Å². The number of benzene rings is 2. The summed E-state index contributed by atoms with van der Waals surface area (Å²) in [4.78, 5) is 12.8. The second-order valence-corrected chi connectivity index (χ2v) is 8.46. The van der Waals surface area contributed by atoms with E-state index in [1.165, 1.54) is 0 Å². The fraction of sp³-hybridized carbons (Fsp3) is 0.238. The highest BCUT2D eigenvalue weighted by Gasteiger charge is 2.17. The molecule has 152 valence electrons.